The Kier molecular flexibility index (Phi) is 5.92. The van der Waals surface area contributed by atoms with Crippen LogP contribution in [0.25, 0.3) is 22.3 Å². The Bertz CT molecular complexity index is 1110. The van der Waals surface area contributed by atoms with Crippen LogP contribution >= 0.6 is 35.0 Å². The molecule has 0 unspecified atom stereocenters. The Hall–Kier alpha value is -1.99. The molecule has 8 heteroatoms. The van der Waals surface area contributed by atoms with Crippen molar-refractivity contribution in [3.8, 4) is 11.4 Å². The van der Waals surface area contributed by atoms with E-state index in [1.54, 1.807) is 24.9 Å². The third-order valence-corrected chi connectivity index (χ3v) is 6.04. The monoisotopic (exact) mass is 432 g/mol. The van der Waals surface area contributed by atoms with Crippen LogP contribution in [0.1, 0.15) is 5.56 Å². The van der Waals surface area contributed by atoms with Crippen LogP contribution in [0.5, 0.6) is 0 Å². The van der Waals surface area contributed by atoms with Crippen molar-refractivity contribution in [1.82, 2.24) is 19.7 Å². The van der Waals surface area contributed by atoms with Gasteiger partial charge in [-0.25, -0.2) is 0 Å². The maximum absolute atomic E-state index is 6.31. The van der Waals surface area contributed by atoms with Gasteiger partial charge in [-0.05, 0) is 23.8 Å². The van der Waals surface area contributed by atoms with E-state index in [1.807, 2.05) is 36.5 Å². The largest absolute Gasteiger partial charge is 0.383 e. The van der Waals surface area contributed by atoms with Gasteiger partial charge in [-0.1, -0.05) is 59.2 Å². The van der Waals surface area contributed by atoms with Crippen molar-refractivity contribution in [3.63, 3.8) is 0 Å². The van der Waals surface area contributed by atoms with Gasteiger partial charge in [0.05, 0.1) is 13.2 Å². The number of nitrogens with one attached hydrogen (secondary N) is 1. The van der Waals surface area contributed by atoms with E-state index in [0.717, 1.165) is 33.0 Å². The summed E-state index contributed by atoms with van der Waals surface area (Å²) < 4.78 is 7.39. The summed E-state index contributed by atoms with van der Waals surface area (Å²) in [6.07, 6.45) is 1.97. The van der Waals surface area contributed by atoms with Crippen molar-refractivity contribution in [1.29, 1.82) is 0 Å². The average Bonchev–Trinajstić information content (AvgIpc) is 3.29. The molecule has 0 fully saturated rings. The highest BCUT2D eigenvalue weighted by molar-refractivity contribution is 7.98. The van der Waals surface area contributed by atoms with Crippen LogP contribution < -0.4 is 0 Å². The summed E-state index contributed by atoms with van der Waals surface area (Å²) in [5, 5.41) is 12.1. The molecule has 5 nitrogen and oxygen atoms in total. The first-order chi connectivity index (χ1) is 13.7. The first kappa shape index (κ1) is 19.3. The molecule has 0 aliphatic rings. The molecular weight excluding hydrogens is 415 g/mol. The highest BCUT2D eigenvalue weighted by Crippen LogP contribution is 2.32. The third kappa shape index (κ3) is 3.91. The summed E-state index contributed by atoms with van der Waals surface area (Å²) in [6.45, 7) is 1.23. The van der Waals surface area contributed by atoms with Gasteiger partial charge in [-0.15, -0.1) is 10.2 Å². The Morgan fingerprint density at radius 2 is 2.00 bits per heavy atom. The Labute approximate surface area is 177 Å². The van der Waals surface area contributed by atoms with Gasteiger partial charge in [0.25, 0.3) is 0 Å². The maximum Gasteiger partial charge on any atom is 0.191 e. The summed E-state index contributed by atoms with van der Waals surface area (Å²) in [5.74, 6) is 1.49. The number of aromatic nitrogens is 4. The van der Waals surface area contributed by atoms with Crippen molar-refractivity contribution in [3.05, 3.63) is 64.3 Å². The van der Waals surface area contributed by atoms with E-state index in [9.17, 15) is 0 Å². The fraction of sp³-hybridized carbons (Fsp3) is 0.200. The molecule has 2 aromatic heterocycles. The zero-order chi connectivity index (χ0) is 19.5. The van der Waals surface area contributed by atoms with Gasteiger partial charge in [0.2, 0.25) is 0 Å². The summed E-state index contributed by atoms with van der Waals surface area (Å²) in [7, 11) is 1.69. The van der Waals surface area contributed by atoms with Crippen LogP contribution in [0, 0.1) is 0 Å². The van der Waals surface area contributed by atoms with Gasteiger partial charge in [0.15, 0.2) is 11.0 Å². The number of nitrogens with zero attached hydrogens (tertiary/aromatic N) is 3. The van der Waals surface area contributed by atoms with E-state index in [-0.39, 0.29) is 0 Å². The van der Waals surface area contributed by atoms with Gasteiger partial charge in [-0.2, -0.15) is 0 Å². The quantitative estimate of drug-likeness (QED) is 0.382. The fourth-order valence-electron chi connectivity index (χ4n) is 3.02. The summed E-state index contributed by atoms with van der Waals surface area (Å²) in [6, 6.07) is 13.7. The van der Waals surface area contributed by atoms with Crippen molar-refractivity contribution in [2.24, 2.45) is 0 Å². The first-order valence-corrected chi connectivity index (χ1v) is 10.5. The van der Waals surface area contributed by atoms with Gasteiger partial charge in [-0.3, -0.25) is 4.57 Å². The maximum atomic E-state index is 6.31. The van der Waals surface area contributed by atoms with Crippen LogP contribution in [0.15, 0.2) is 53.8 Å². The second-order valence-corrected chi connectivity index (χ2v) is 8.01. The third-order valence-electron chi connectivity index (χ3n) is 4.44. The molecule has 0 saturated heterocycles. The second-order valence-electron chi connectivity index (χ2n) is 6.22. The predicted octanol–water partition coefficient (Wildman–Crippen LogP) is 5.67. The lowest BCUT2D eigenvalue weighted by Crippen LogP contribution is -2.07. The molecule has 1 N–H and O–H groups in total. The van der Waals surface area contributed by atoms with Crippen LogP contribution in [-0.4, -0.2) is 33.5 Å². The Morgan fingerprint density at radius 3 is 2.82 bits per heavy atom. The SMILES string of the molecule is COCCn1c(SCc2ccc(Cl)cc2Cl)nnc1-c1c[nH]c2ccccc12. The smallest absolute Gasteiger partial charge is 0.191 e. The number of ether oxygens (including phenoxy) is 1. The number of halogens is 2. The molecule has 0 aliphatic carbocycles. The van der Waals surface area contributed by atoms with E-state index in [2.05, 4.69) is 25.8 Å². The molecule has 0 saturated carbocycles. The predicted molar refractivity (Wildman–Crippen MR) is 115 cm³/mol. The number of thioether (sulfide) groups is 1. The van der Waals surface area contributed by atoms with Crippen LogP contribution in [-0.2, 0) is 17.0 Å². The van der Waals surface area contributed by atoms with E-state index in [0.29, 0.717) is 28.9 Å². The number of aromatic amines is 1. The lowest BCUT2D eigenvalue weighted by Gasteiger charge is -2.10. The second kappa shape index (κ2) is 8.57. The van der Waals surface area contributed by atoms with Crippen LogP contribution in [0.3, 0.4) is 0 Å². The summed E-state index contributed by atoms with van der Waals surface area (Å²) in [5.41, 5.74) is 3.10. The van der Waals surface area contributed by atoms with Gasteiger partial charge < -0.3 is 9.72 Å². The Balaban J connectivity index is 1.66. The Morgan fingerprint density at radius 1 is 1.14 bits per heavy atom. The normalized spacial score (nSPS) is 11.4. The topological polar surface area (TPSA) is 55.7 Å². The first-order valence-electron chi connectivity index (χ1n) is 8.72. The average molecular weight is 433 g/mol. The molecule has 0 radical (unpaired) electrons. The summed E-state index contributed by atoms with van der Waals surface area (Å²) in [4.78, 5) is 3.30. The molecule has 4 aromatic rings. The molecule has 2 heterocycles. The molecule has 0 amide bonds. The molecular formula is C20H18Cl2N4OS. The molecule has 0 atom stereocenters. The number of benzene rings is 2. The van der Waals surface area contributed by atoms with E-state index in [1.165, 1.54) is 0 Å². The molecule has 0 bridgehead atoms. The fourth-order valence-corrected chi connectivity index (χ4v) is 4.54. The number of H-pyrrole nitrogens is 1. The minimum absolute atomic E-state index is 0.572. The zero-order valence-electron chi connectivity index (χ0n) is 15.2. The van der Waals surface area contributed by atoms with E-state index in [4.69, 9.17) is 27.9 Å². The minimum Gasteiger partial charge on any atom is -0.383 e. The van der Waals surface area contributed by atoms with E-state index >= 15 is 0 Å². The number of hydrogen-bond donors (Lipinski definition) is 1. The van der Waals surface area contributed by atoms with Gasteiger partial charge >= 0.3 is 0 Å². The number of methoxy groups -OCH3 is 1. The van der Waals surface area contributed by atoms with Crippen LogP contribution in [0.2, 0.25) is 10.0 Å². The van der Waals surface area contributed by atoms with Crippen molar-refractivity contribution >= 4 is 45.9 Å². The summed E-state index contributed by atoms with van der Waals surface area (Å²) >= 11 is 13.9. The lowest BCUT2D eigenvalue weighted by molar-refractivity contribution is 0.185. The highest BCUT2D eigenvalue weighted by atomic mass is 35.5. The molecule has 144 valence electrons. The molecule has 28 heavy (non-hydrogen) atoms. The standard InChI is InChI=1S/C20H18Cl2N4OS/c1-27-9-8-26-19(16-11-23-18-5-3-2-4-15(16)18)24-25-20(26)28-12-13-6-7-14(21)10-17(13)22/h2-7,10-11,23H,8-9,12H2,1H3. The molecule has 0 aliphatic heterocycles. The lowest BCUT2D eigenvalue weighted by atomic mass is 10.1. The van der Waals surface area contributed by atoms with E-state index < -0.39 is 0 Å². The van der Waals surface area contributed by atoms with Gasteiger partial charge in [0.1, 0.15) is 0 Å². The number of hydrogen-bond acceptors (Lipinski definition) is 4. The number of para-hydroxylation sites is 1. The number of fused-ring (bicyclic) bond motifs is 1. The highest BCUT2D eigenvalue weighted by Gasteiger charge is 2.17. The van der Waals surface area contributed by atoms with Gasteiger partial charge in [0, 0.05) is 45.6 Å². The zero-order valence-corrected chi connectivity index (χ0v) is 17.5. The molecule has 0 spiro atoms. The van der Waals surface area contributed by atoms with Crippen molar-refractivity contribution in [2.75, 3.05) is 13.7 Å². The molecule has 4 rings (SSSR count). The number of rotatable bonds is 7. The van der Waals surface area contributed by atoms with Crippen LogP contribution in [0.4, 0.5) is 0 Å². The van der Waals surface area contributed by atoms with Crippen molar-refractivity contribution < 1.29 is 4.74 Å². The molecule has 2 aromatic carbocycles. The minimum atomic E-state index is 0.572. The van der Waals surface area contributed by atoms with Crippen molar-refractivity contribution in [2.45, 2.75) is 17.5 Å².